The van der Waals surface area contributed by atoms with E-state index in [1.165, 1.54) is 12.0 Å². The number of methoxy groups -OCH3 is 1. The normalized spacial score (nSPS) is 16.9. The zero-order valence-corrected chi connectivity index (χ0v) is 18.4. The number of hydrogen-bond donors (Lipinski definition) is 0. The van der Waals surface area contributed by atoms with Crippen LogP contribution in [0.3, 0.4) is 0 Å². The first-order valence-electron chi connectivity index (χ1n) is 9.23. The highest BCUT2D eigenvalue weighted by Crippen LogP contribution is 2.31. The number of hydrogen-bond acceptors (Lipinski definition) is 4. The summed E-state index contributed by atoms with van der Waals surface area (Å²) in [4.78, 5) is 42.0. The van der Waals surface area contributed by atoms with Crippen LogP contribution in [0.15, 0.2) is 53.0 Å². The second-order valence-electron chi connectivity index (χ2n) is 7.84. The summed E-state index contributed by atoms with van der Waals surface area (Å²) in [5, 5.41) is 0. The molecule has 152 valence electrons. The third-order valence-electron chi connectivity index (χ3n) is 4.78. The Morgan fingerprint density at radius 1 is 1.14 bits per heavy atom. The average Bonchev–Trinajstić information content (AvgIpc) is 2.95. The van der Waals surface area contributed by atoms with Gasteiger partial charge in [0.2, 0.25) is 5.91 Å². The van der Waals surface area contributed by atoms with E-state index >= 15 is 0 Å². The lowest BCUT2D eigenvalue weighted by Crippen LogP contribution is -2.54. The van der Waals surface area contributed by atoms with Crippen molar-refractivity contribution in [3.05, 3.63) is 58.6 Å². The van der Waals surface area contributed by atoms with E-state index in [1.807, 2.05) is 20.8 Å². The Morgan fingerprint density at radius 3 is 2.38 bits per heavy atom. The predicted molar refractivity (Wildman–Crippen MR) is 114 cm³/mol. The number of imide groups is 1. The molecule has 2 aromatic rings. The molecule has 1 heterocycles. The number of carbonyl (C=O) groups excluding carboxylic acids is 3. The van der Waals surface area contributed by atoms with E-state index in [1.54, 1.807) is 48.5 Å². The molecule has 0 spiro atoms. The molecule has 0 bridgehead atoms. The second-order valence-corrected chi connectivity index (χ2v) is 8.76. The molecule has 3 amide bonds. The van der Waals surface area contributed by atoms with Gasteiger partial charge < -0.3 is 9.64 Å². The molecule has 29 heavy (non-hydrogen) atoms. The molecular weight excluding hydrogens is 436 g/mol. The molecular formula is C22H23BrN2O4. The van der Waals surface area contributed by atoms with Gasteiger partial charge in [0.25, 0.3) is 11.8 Å². The summed E-state index contributed by atoms with van der Waals surface area (Å²) in [6.07, 6.45) is -0.0537. The molecule has 0 N–H and O–H groups in total. The van der Waals surface area contributed by atoms with Crippen molar-refractivity contribution in [3.63, 3.8) is 0 Å². The first-order chi connectivity index (χ1) is 13.6. The van der Waals surface area contributed by atoms with Gasteiger partial charge >= 0.3 is 0 Å². The molecule has 1 aliphatic rings. The van der Waals surface area contributed by atoms with Crippen LogP contribution in [-0.4, -0.2) is 41.3 Å². The zero-order valence-electron chi connectivity index (χ0n) is 16.8. The van der Waals surface area contributed by atoms with Crippen molar-refractivity contribution < 1.29 is 19.1 Å². The smallest absolute Gasteiger partial charge is 0.257 e. The number of rotatable bonds is 4. The number of halogens is 1. The number of carbonyl (C=O) groups is 3. The molecule has 7 heteroatoms. The van der Waals surface area contributed by atoms with Gasteiger partial charge in [-0.2, -0.15) is 0 Å². The topological polar surface area (TPSA) is 66.9 Å². The summed E-state index contributed by atoms with van der Waals surface area (Å²) >= 11 is 3.35. The van der Waals surface area contributed by atoms with E-state index < -0.39 is 17.5 Å². The quantitative estimate of drug-likeness (QED) is 0.648. The maximum absolute atomic E-state index is 13.4. The Morgan fingerprint density at radius 2 is 1.79 bits per heavy atom. The lowest BCUT2D eigenvalue weighted by Gasteiger charge is -2.39. The van der Waals surface area contributed by atoms with Crippen LogP contribution in [0, 0.1) is 0 Å². The summed E-state index contributed by atoms with van der Waals surface area (Å²) in [6, 6.07) is 12.9. The van der Waals surface area contributed by atoms with Gasteiger partial charge in [-0.05, 0) is 63.2 Å². The first-order valence-corrected chi connectivity index (χ1v) is 10.0. The van der Waals surface area contributed by atoms with Gasteiger partial charge in [-0.25, -0.2) is 4.90 Å². The Kier molecular flexibility index (Phi) is 5.80. The lowest BCUT2D eigenvalue weighted by molar-refractivity contribution is -0.123. The minimum Gasteiger partial charge on any atom is -0.497 e. The summed E-state index contributed by atoms with van der Waals surface area (Å²) in [5.74, 6) is -0.492. The minimum atomic E-state index is -0.871. The molecule has 0 aromatic heterocycles. The van der Waals surface area contributed by atoms with E-state index in [2.05, 4.69) is 15.9 Å². The van der Waals surface area contributed by atoms with Gasteiger partial charge in [-0.3, -0.25) is 14.4 Å². The first kappa shape index (κ1) is 21.0. The largest absolute Gasteiger partial charge is 0.497 e. The van der Waals surface area contributed by atoms with Crippen molar-refractivity contribution in [3.8, 4) is 5.75 Å². The van der Waals surface area contributed by atoms with Crippen molar-refractivity contribution in [2.45, 2.75) is 38.8 Å². The summed E-state index contributed by atoms with van der Waals surface area (Å²) in [5.41, 5.74) is 0.228. The second kappa shape index (κ2) is 7.99. The fourth-order valence-corrected chi connectivity index (χ4v) is 3.75. The molecule has 3 rings (SSSR count). The average molecular weight is 459 g/mol. The monoisotopic (exact) mass is 458 g/mol. The van der Waals surface area contributed by atoms with Crippen LogP contribution in [0.2, 0.25) is 0 Å². The highest BCUT2D eigenvalue weighted by molar-refractivity contribution is 9.10. The number of anilines is 1. The molecule has 6 nitrogen and oxygen atoms in total. The Hall–Kier alpha value is -2.67. The summed E-state index contributed by atoms with van der Waals surface area (Å²) < 4.78 is 6.06. The van der Waals surface area contributed by atoms with E-state index in [0.717, 1.165) is 9.37 Å². The maximum Gasteiger partial charge on any atom is 0.257 e. The summed E-state index contributed by atoms with van der Waals surface area (Å²) in [7, 11) is 1.53. The molecule has 1 saturated heterocycles. The van der Waals surface area contributed by atoms with Crippen LogP contribution in [0.4, 0.5) is 5.69 Å². The van der Waals surface area contributed by atoms with Gasteiger partial charge in [-0.1, -0.05) is 22.0 Å². The fraction of sp³-hybridized carbons (Fsp3) is 0.318. The van der Waals surface area contributed by atoms with Crippen molar-refractivity contribution >= 4 is 39.3 Å². The molecule has 0 radical (unpaired) electrons. The van der Waals surface area contributed by atoms with Gasteiger partial charge in [0.15, 0.2) is 0 Å². The van der Waals surface area contributed by atoms with E-state index in [4.69, 9.17) is 4.74 Å². The number of amides is 3. The van der Waals surface area contributed by atoms with E-state index in [9.17, 15) is 14.4 Å². The fourth-order valence-electron chi connectivity index (χ4n) is 3.49. The van der Waals surface area contributed by atoms with Crippen LogP contribution in [0.1, 0.15) is 37.6 Å². The van der Waals surface area contributed by atoms with Crippen molar-refractivity contribution in [2.24, 2.45) is 0 Å². The van der Waals surface area contributed by atoms with Gasteiger partial charge in [0.05, 0.1) is 19.2 Å². The van der Waals surface area contributed by atoms with Crippen LogP contribution in [0.25, 0.3) is 0 Å². The standard InChI is InChI=1S/C22H23BrN2O4/c1-22(2,3)25(20(27)14-6-5-7-17(12-14)29-4)18-13-19(26)24(21(18)28)16-10-8-15(23)9-11-16/h5-12,18H,13H2,1-4H3. The van der Waals surface area contributed by atoms with Crippen molar-refractivity contribution in [1.82, 2.24) is 4.90 Å². The Bertz CT molecular complexity index is 950. The molecule has 0 saturated carbocycles. The third-order valence-corrected chi connectivity index (χ3v) is 5.31. The predicted octanol–water partition coefficient (Wildman–Crippen LogP) is 4.03. The molecule has 1 fully saturated rings. The van der Waals surface area contributed by atoms with E-state index in [-0.39, 0.29) is 18.2 Å². The lowest BCUT2D eigenvalue weighted by atomic mass is 9.99. The van der Waals surface area contributed by atoms with Crippen molar-refractivity contribution in [1.29, 1.82) is 0 Å². The zero-order chi connectivity index (χ0) is 21.3. The van der Waals surface area contributed by atoms with Gasteiger partial charge in [0, 0.05) is 15.6 Å². The Balaban J connectivity index is 1.97. The van der Waals surface area contributed by atoms with Crippen LogP contribution in [-0.2, 0) is 9.59 Å². The maximum atomic E-state index is 13.4. The number of nitrogens with zero attached hydrogens (tertiary/aromatic N) is 2. The molecule has 1 aliphatic heterocycles. The SMILES string of the molecule is COc1cccc(C(=O)N(C2CC(=O)N(c3ccc(Br)cc3)C2=O)C(C)(C)C)c1. The van der Waals surface area contributed by atoms with E-state index in [0.29, 0.717) is 17.0 Å². The summed E-state index contributed by atoms with van der Waals surface area (Å²) in [6.45, 7) is 5.56. The molecule has 0 aliphatic carbocycles. The Labute approximate surface area is 178 Å². The van der Waals surface area contributed by atoms with Crippen LogP contribution < -0.4 is 9.64 Å². The van der Waals surface area contributed by atoms with Crippen molar-refractivity contribution in [2.75, 3.05) is 12.0 Å². The van der Waals surface area contributed by atoms with Gasteiger partial charge in [0.1, 0.15) is 11.8 Å². The van der Waals surface area contributed by atoms with Gasteiger partial charge in [-0.15, -0.1) is 0 Å². The number of benzene rings is 2. The number of ether oxygens (including phenoxy) is 1. The molecule has 1 atom stereocenters. The van der Waals surface area contributed by atoms with Crippen LogP contribution >= 0.6 is 15.9 Å². The molecule has 1 unspecified atom stereocenters. The third kappa shape index (κ3) is 4.19. The minimum absolute atomic E-state index is 0.0537. The van der Waals surface area contributed by atoms with Crippen LogP contribution in [0.5, 0.6) is 5.75 Å². The molecule has 2 aromatic carbocycles. The highest BCUT2D eigenvalue weighted by Gasteiger charge is 2.47. The highest BCUT2D eigenvalue weighted by atomic mass is 79.9.